The highest BCUT2D eigenvalue weighted by atomic mass is 16.3. The Morgan fingerprint density at radius 2 is 0.788 bits per heavy atom. The van der Waals surface area contributed by atoms with Gasteiger partial charge in [-0.05, 0) is 45.0 Å². The Hall–Kier alpha value is -1.02. The molecule has 0 aliphatic carbocycles. The molecule has 0 bridgehead atoms. The van der Waals surface area contributed by atoms with Crippen molar-refractivity contribution >= 4 is 0 Å². The van der Waals surface area contributed by atoms with Crippen molar-refractivity contribution in [3.05, 3.63) is 29.8 Å². The average Bonchev–Trinajstić information content (AvgIpc) is 2.82. The van der Waals surface area contributed by atoms with E-state index in [1.807, 2.05) is 19.1 Å². The van der Waals surface area contributed by atoms with Crippen LogP contribution in [-0.4, -0.2) is 18.2 Å². The van der Waals surface area contributed by atoms with Gasteiger partial charge in [0.05, 0.1) is 0 Å². The summed E-state index contributed by atoms with van der Waals surface area (Å²) in [6, 6.07) is 7.09. The van der Waals surface area contributed by atoms with Crippen molar-refractivity contribution in [2.75, 3.05) is 13.1 Å². The highest BCUT2D eigenvalue weighted by Crippen LogP contribution is 2.11. The Bertz CT molecular complexity index is 427. The molecule has 194 valence electrons. The maximum Gasteiger partial charge on any atom is 0.115 e. The van der Waals surface area contributed by atoms with Crippen LogP contribution in [0.3, 0.4) is 0 Å². The molecule has 0 aliphatic rings. The summed E-state index contributed by atoms with van der Waals surface area (Å²) in [4.78, 5) is 0. The van der Waals surface area contributed by atoms with Crippen LogP contribution in [0.4, 0.5) is 0 Å². The third kappa shape index (κ3) is 27.1. The summed E-state index contributed by atoms with van der Waals surface area (Å²) in [6.45, 7) is 9.07. The fraction of sp³-hybridized carbons (Fsp3) is 0.806. The van der Waals surface area contributed by atoms with E-state index in [1.54, 1.807) is 12.1 Å². The average molecular weight is 462 g/mol. The van der Waals surface area contributed by atoms with Crippen LogP contribution < -0.4 is 5.32 Å². The van der Waals surface area contributed by atoms with Crippen molar-refractivity contribution in [2.24, 2.45) is 0 Å². The molecule has 0 saturated heterocycles. The van der Waals surface area contributed by atoms with E-state index in [4.69, 9.17) is 5.11 Å². The minimum Gasteiger partial charge on any atom is -0.508 e. The molecule has 1 aromatic rings. The van der Waals surface area contributed by atoms with E-state index in [9.17, 15) is 0 Å². The van der Waals surface area contributed by atoms with Gasteiger partial charge >= 0.3 is 0 Å². The number of unbranched alkanes of at least 4 members (excludes halogenated alkanes) is 18. The van der Waals surface area contributed by atoms with Gasteiger partial charge in [-0.15, -0.1) is 0 Å². The summed E-state index contributed by atoms with van der Waals surface area (Å²) in [5.41, 5.74) is 1.17. The molecule has 0 amide bonds. The molecule has 0 aromatic heterocycles. The largest absolute Gasteiger partial charge is 0.508 e. The van der Waals surface area contributed by atoms with Crippen molar-refractivity contribution < 1.29 is 5.11 Å². The summed E-state index contributed by atoms with van der Waals surface area (Å²) in [7, 11) is 0. The van der Waals surface area contributed by atoms with Gasteiger partial charge in [0.25, 0.3) is 0 Å². The van der Waals surface area contributed by atoms with Gasteiger partial charge in [0.2, 0.25) is 0 Å². The number of rotatable bonds is 22. The number of aryl methyl sites for hydroxylation is 1. The zero-order valence-corrected chi connectivity index (χ0v) is 22.8. The molecule has 2 nitrogen and oxygen atoms in total. The topological polar surface area (TPSA) is 32.3 Å². The predicted molar refractivity (Wildman–Crippen MR) is 149 cm³/mol. The molecule has 0 aliphatic heterocycles. The predicted octanol–water partition coefficient (Wildman–Crippen LogP) is 10.1. The molecule has 0 spiro atoms. The van der Waals surface area contributed by atoms with Crippen LogP contribution in [0.2, 0.25) is 0 Å². The zero-order chi connectivity index (χ0) is 24.2. The third-order valence-corrected chi connectivity index (χ3v) is 6.45. The van der Waals surface area contributed by atoms with Gasteiger partial charge in [0.1, 0.15) is 5.75 Å². The Morgan fingerprint density at radius 3 is 1.09 bits per heavy atom. The van der Waals surface area contributed by atoms with Gasteiger partial charge in [0, 0.05) is 0 Å². The van der Waals surface area contributed by atoms with Crippen LogP contribution in [0.5, 0.6) is 5.75 Å². The van der Waals surface area contributed by atoms with Crippen molar-refractivity contribution in [2.45, 2.75) is 149 Å². The Kier molecular flexibility index (Phi) is 26.4. The number of benzene rings is 1. The highest BCUT2D eigenvalue weighted by Gasteiger charge is 1.94. The minimum absolute atomic E-state index is 0.329. The summed E-state index contributed by atoms with van der Waals surface area (Å²) < 4.78 is 0. The summed E-state index contributed by atoms with van der Waals surface area (Å²) >= 11 is 0. The SMILES string of the molecule is CCCCCCCCCCCCNCCCCCCCCCCCC.Cc1ccc(O)cc1. The first-order valence-corrected chi connectivity index (χ1v) is 14.7. The number of aromatic hydroxyl groups is 1. The molecule has 33 heavy (non-hydrogen) atoms. The summed E-state index contributed by atoms with van der Waals surface area (Å²) in [5.74, 6) is 0.329. The molecule has 0 atom stereocenters. The van der Waals surface area contributed by atoms with Crippen LogP contribution >= 0.6 is 0 Å². The maximum atomic E-state index is 8.76. The van der Waals surface area contributed by atoms with Crippen LogP contribution in [-0.2, 0) is 0 Å². The van der Waals surface area contributed by atoms with E-state index < -0.39 is 0 Å². The Labute approximate surface area is 208 Å². The molecule has 2 N–H and O–H groups in total. The van der Waals surface area contributed by atoms with Gasteiger partial charge in [0.15, 0.2) is 0 Å². The Balaban J connectivity index is 0.00000106. The molecule has 0 heterocycles. The monoisotopic (exact) mass is 461 g/mol. The van der Waals surface area contributed by atoms with Gasteiger partial charge in [-0.3, -0.25) is 0 Å². The minimum atomic E-state index is 0.329. The van der Waals surface area contributed by atoms with Crippen molar-refractivity contribution in [1.29, 1.82) is 0 Å². The molecule has 1 rings (SSSR count). The second kappa shape index (κ2) is 27.2. The first kappa shape index (κ1) is 32.0. The zero-order valence-electron chi connectivity index (χ0n) is 22.8. The van der Waals surface area contributed by atoms with E-state index in [2.05, 4.69) is 19.2 Å². The van der Waals surface area contributed by atoms with Gasteiger partial charge in [-0.2, -0.15) is 0 Å². The molecule has 1 aromatic carbocycles. The van der Waals surface area contributed by atoms with Crippen molar-refractivity contribution in [3.63, 3.8) is 0 Å². The first-order valence-electron chi connectivity index (χ1n) is 14.7. The lowest BCUT2D eigenvalue weighted by Crippen LogP contribution is -2.16. The van der Waals surface area contributed by atoms with Crippen LogP contribution in [0.25, 0.3) is 0 Å². The van der Waals surface area contributed by atoms with E-state index in [1.165, 1.54) is 147 Å². The second-order valence-corrected chi connectivity index (χ2v) is 9.95. The van der Waals surface area contributed by atoms with E-state index in [-0.39, 0.29) is 0 Å². The van der Waals surface area contributed by atoms with E-state index in [0.717, 1.165) is 0 Å². The molecule has 0 saturated carbocycles. The van der Waals surface area contributed by atoms with Crippen molar-refractivity contribution in [3.8, 4) is 5.75 Å². The van der Waals surface area contributed by atoms with Crippen LogP contribution in [0, 0.1) is 6.92 Å². The molecular weight excluding hydrogens is 402 g/mol. The lowest BCUT2D eigenvalue weighted by Gasteiger charge is -2.05. The molecular formula is C31H59NO. The normalized spacial score (nSPS) is 10.8. The smallest absolute Gasteiger partial charge is 0.115 e. The quantitative estimate of drug-likeness (QED) is 0.168. The first-order chi connectivity index (χ1) is 16.2. The lowest BCUT2D eigenvalue weighted by molar-refractivity contribution is 0.475. The number of phenols is 1. The van der Waals surface area contributed by atoms with Crippen molar-refractivity contribution in [1.82, 2.24) is 5.32 Å². The van der Waals surface area contributed by atoms with Crippen LogP contribution in [0.15, 0.2) is 24.3 Å². The molecule has 0 unspecified atom stereocenters. The number of phenolic OH excluding ortho intramolecular Hbond substituents is 1. The van der Waals surface area contributed by atoms with Crippen LogP contribution in [0.1, 0.15) is 148 Å². The molecule has 2 heteroatoms. The summed E-state index contributed by atoms with van der Waals surface area (Å²) in [5, 5.41) is 12.4. The van der Waals surface area contributed by atoms with E-state index in [0.29, 0.717) is 5.75 Å². The van der Waals surface area contributed by atoms with Gasteiger partial charge in [-0.1, -0.05) is 147 Å². The summed E-state index contributed by atoms with van der Waals surface area (Å²) in [6.07, 6.45) is 28.8. The third-order valence-electron chi connectivity index (χ3n) is 6.45. The molecule has 0 radical (unpaired) electrons. The number of hydrogen-bond acceptors (Lipinski definition) is 2. The lowest BCUT2D eigenvalue weighted by atomic mass is 10.1. The number of hydrogen-bond donors (Lipinski definition) is 2. The van der Waals surface area contributed by atoms with Gasteiger partial charge < -0.3 is 10.4 Å². The molecule has 0 fully saturated rings. The van der Waals surface area contributed by atoms with E-state index >= 15 is 0 Å². The maximum absolute atomic E-state index is 8.76. The second-order valence-electron chi connectivity index (χ2n) is 9.95. The van der Waals surface area contributed by atoms with Gasteiger partial charge in [-0.25, -0.2) is 0 Å². The number of nitrogens with one attached hydrogen (secondary N) is 1. The fourth-order valence-corrected chi connectivity index (χ4v) is 4.14. The highest BCUT2D eigenvalue weighted by molar-refractivity contribution is 5.24. The standard InChI is InChI=1S/C24H51N.C7H8O/c1-3-5-7-9-11-13-15-17-19-21-23-25-24-22-20-18-16-14-12-10-8-6-4-2;1-6-2-4-7(8)5-3-6/h25H,3-24H2,1-2H3;2-5,8H,1H3. The Morgan fingerprint density at radius 1 is 0.485 bits per heavy atom. The fourth-order valence-electron chi connectivity index (χ4n) is 4.14.